The number of hydrogen-bond acceptors (Lipinski definition) is 2. The molecule has 14 heavy (non-hydrogen) atoms. The number of nitrogens with one attached hydrogen (secondary N) is 1. The van der Waals surface area contributed by atoms with Crippen LogP contribution in [0.1, 0.15) is 28.0 Å². The van der Waals surface area contributed by atoms with Crippen molar-refractivity contribution in [3.8, 4) is 0 Å². The van der Waals surface area contributed by atoms with Crippen molar-refractivity contribution in [2.45, 2.75) is 12.3 Å². The monoisotopic (exact) mass is 221 g/mol. The normalized spacial score (nSPS) is 10.6. The summed E-state index contributed by atoms with van der Waals surface area (Å²) in [5.74, 6) is -0.267. The van der Waals surface area contributed by atoms with Gasteiger partial charge in [-0.1, -0.05) is 0 Å². The second kappa shape index (κ2) is 4.32. The smallest absolute Gasteiger partial charge is 0.266 e. The van der Waals surface area contributed by atoms with Crippen LogP contribution < -0.4 is 5.56 Å². The average Bonchev–Trinajstić information content (AvgIpc) is 2.15. The molecule has 6 heteroatoms. The van der Waals surface area contributed by atoms with Crippen LogP contribution in [0.5, 0.6) is 0 Å². The van der Waals surface area contributed by atoms with Gasteiger partial charge in [-0.25, -0.2) is 8.78 Å². The van der Waals surface area contributed by atoms with Crippen LogP contribution in [0.25, 0.3) is 0 Å². The molecule has 76 valence electrons. The first-order valence-electron chi connectivity index (χ1n) is 3.65. The van der Waals surface area contributed by atoms with E-state index in [2.05, 4.69) is 4.98 Å². The Kier molecular flexibility index (Phi) is 3.35. The van der Waals surface area contributed by atoms with Crippen LogP contribution in [-0.2, 0) is 5.88 Å². The maximum atomic E-state index is 12.5. The zero-order valence-electron chi connectivity index (χ0n) is 6.89. The van der Waals surface area contributed by atoms with Crippen LogP contribution >= 0.6 is 11.6 Å². The highest BCUT2D eigenvalue weighted by molar-refractivity contribution is 6.17. The van der Waals surface area contributed by atoms with Crippen molar-refractivity contribution in [3.05, 3.63) is 33.2 Å². The summed E-state index contributed by atoms with van der Waals surface area (Å²) in [4.78, 5) is 23.5. The Bertz CT molecular complexity index is 403. The van der Waals surface area contributed by atoms with Crippen molar-refractivity contribution >= 4 is 17.9 Å². The predicted molar refractivity (Wildman–Crippen MR) is 47.0 cm³/mol. The van der Waals surface area contributed by atoms with E-state index in [1.807, 2.05) is 0 Å². The molecule has 0 saturated heterocycles. The van der Waals surface area contributed by atoms with Gasteiger partial charge >= 0.3 is 0 Å². The number of aldehydes is 1. The molecule has 0 aliphatic heterocycles. The van der Waals surface area contributed by atoms with E-state index in [4.69, 9.17) is 11.6 Å². The molecule has 1 rings (SSSR count). The Labute approximate surface area is 82.7 Å². The number of halogens is 3. The molecule has 1 heterocycles. The minimum atomic E-state index is -2.83. The summed E-state index contributed by atoms with van der Waals surface area (Å²) in [6.07, 6.45) is -2.62. The van der Waals surface area contributed by atoms with E-state index in [0.717, 1.165) is 6.07 Å². The Morgan fingerprint density at radius 3 is 2.64 bits per heavy atom. The van der Waals surface area contributed by atoms with Crippen LogP contribution in [0.2, 0.25) is 0 Å². The zero-order chi connectivity index (χ0) is 10.7. The molecule has 0 aromatic carbocycles. The average molecular weight is 222 g/mol. The number of carbonyl (C=O) groups excluding carboxylic acids is 1. The van der Waals surface area contributed by atoms with Crippen molar-refractivity contribution in [2.75, 3.05) is 0 Å². The van der Waals surface area contributed by atoms with Gasteiger partial charge in [-0.15, -0.1) is 11.6 Å². The molecule has 0 saturated carbocycles. The summed E-state index contributed by atoms with van der Waals surface area (Å²) in [7, 11) is 0. The van der Waals surface area contributed by atoms with Crippen LogP contribution in [0.3, 0.4) is 0 Å². The van der Waals surface area contributed by atoms with E-state index < -0.39 is 17.5 Å². The molecule has 0 spiro atoms. The third kappa shape index (κ3) is 1.98. The lowest BCUT2D eigenvalue weighted by Crippen LogP contribution is -2.13. The molecule has 1 aromatic heterocycles. The van der Waals surface area contributed by atoms with Gasteiger partial charge in [0.1, 0.15) is 0 Å². The van der Waals surface area contributed by atoms with E-state index in [1.54, 1.807) is 0 Å². The Balaban J connectivity index is 3.48. The van der Waals surface area contributed by atoms with E-state index in [9.17, 15) is 18.4 Å². The quantitative estimate of drug-likeness (QED) is 0.626. The topological polar surface area (TPSA) is 49.9 Å². The number of carbonyl (C=O) groups is 1. The number of hydrogen-bond donors (Lipinski definition) is 1. The highest BCUT2D eigenvalue weighted by Gasteiger charge is 2.18. The molecule has 3 nitrogen and oxygen atoms in total. The highest BCUT2D eigenvalue weighted by Crippen LogP contribution is 2.24. The summed E-state index contributed by atoms with van der Waals surface area (Å²) < 4.78 is 24.9. The molecule has 0 bridgehead atoms. The first kappa shape index (κ1) is 10.8. The van der Waals surface area contributed by atoms with Gasteiger partial charge < -0.3 is 4.98 Å². The van der Waals surface area contributed by atoms with Gasteiger partial charge in [0.15, 0.2) is 6.29 Å². The molecule has 0 amide bonds. The molecule has 0 aliphatic rings. The number of pyridine rings is 1. The van der Waals surface area contributed by atoms with Gasteiger partial charge in [0, 0.05) is 22.9 Å². The van der Waals surface area contributed by atoms with Crippen LogP contribution in [0.15, 0.2) is 10.9 Å². The van der Waals surface area contributed by atoms with Gasteiger partial charge in [0.25, 0.3) is 6.43 Å². The number of aromatic amines is 1. The third-order valence-corrected chi connectivity index (χ3v) is 1.94. The second-order valence-corrected chi connectivity index (χ2v) is 2.80. The molecular weight excluding hydrogens is 216 g/mol. The minimum absolute atomic E-state index is 0.115. The Morgan fingerprint density at radius 2 is 2.21 bits per heavy atom. The molecule has 0 unspecified atom stereocenters. The van der Waals surface area contributed by atoms with Gasteiger partial charge in [-0.3, -0.25) is 9.59 Å². The van der Waals surface area contributed by atoms with Crippen molar-refractivity contribution in [1.29, 1.82) is 0 Å². The number of aromatic nitrogens is 1. The summed E-state index contributed by atoms with van der Waals surface area (Å²) in [5.41, 5.74) is -1.56. The molecule has 1 aromatic rings. The predicted octanol–water partition coefficient (Wildman–Crippen LogP) is 1.86. The van der Waals surface area contributed by atoms with Crippen LogP contribution in [0.4, 0.5) is 8.78 Å². The summed E-state index contributed by atoms with van der Waals surface area (Å²) in [6, 6.07) is 0.824. The van der Waals surface area contributed by atoms with Gasteiger partial charge in [-0.2, -0.15) is 0 Å². The van der Waals surface area contributed by atoms with Gasteiger partial charge in [0.05, 0.1) is 5.88 Å². The maximum Gasteiger partial charge on any atom is 0.266 e. The summed E-state index contributed by atoms with van der Waals surface area (Å²) in [5, 5.41) is 0. The molecule has 0 radical (unpaired) electrons. The van der Waals surface area contributed by atoms with Gasteiger partial charge in [-0.05, 0) is 0 Å². The lowest BCUT2D eigenvalue weighted by atomic mass is 10.1. The molecule has 0 aliphatic carbocycles. The van der Waals surface area contributed by atoms with Crippen LogP contribution in [0, 0.1) is 0 Å². The van der Waals surface area contributed by atoms with Crippen LogP contribution in [-0.4, -0.2) is 11.3 Å². The minimum Gasteiger partial charge on any atom is -0.324 e. The van der Waals surface area contributed by atoms with Crippen molar-refractivity contribution in [2.24, 2.45) is 0 Å². The number of rotatable bonds is 3. The molecule has 0 fully saturated rings. The zero-order valence-corrected chi connectivity index (χ0v) is 7.65. The van der Waals surface area contributed by atoms with Crippen molar-refractivity contribution < 1.29 is 13.6 Å². The van der Waals surface area contributed by atoms with Crippen molar-refractivity contribution in [1.82, 2.24) is 4.98 Å². The fourth-order valence-corrected chi connectivity index (χ4v) is 1.32. The van der Waals surface area contributed by atoms with E-state index in [-0.39, 0.29) is 23.4 Å². The summed E-state index contributed by atoms with van der Waals surface area (Å²) >= 11 is 5.36. The Hall–Kier alpha value is -1.23. The standard InChI is InChI=1S/C8H6ClF2NO2/c9-2-5-7(8(10)11)4(3-13)1-6(14)12-5/h1,3,8H,2H2,(H,12,14). The Morgan fingerprint density at radius 1 is 1.57 bits per heavy atom. The maximum absolute atomic E-state index is 12.5. The lowest BCUT2D eigenvalue weighted by Gasteiger charge is -2.07. The fraction of sp³-hybridized carbons (Fsp3) is 0.250. The first-order valence-corrected chi connectivity index (χ1v) is 4.19. The van der Waals surface area contributed by atoms with E-state index in [0.29, 0.717) is 0 Å². The van der Waals surface area contributed by atoms with E-state index in [1.165, 1.54) is 0 Å². The SMILES string of the molecule is O=Cc1cc(=O)[nH]c(CCl)c1C(F)F. The highest BCUT2D eigenvalue weighted by atomic mass is 35.5. The third-order valence-electron chi connectivity index (χ3n) is 1.68. The van der Waals surface area contributed by atoms with Gasteiger partial charge in [0.2, 0.25) is 5.56 Å². The number of H-pyrrole nitrogens is 1. The second-order valence-electron chi connectivity index (χ2n) is 2.53. The van der Waals surface area contributed by atoms with E-state index >= 15 is 0 Å². The number of alkyl halides is 3. The first-order chi connectivity index (χ1) is 6.60. The largest absolute Gasteiger partial charge is 0.324 e. The lowest BCUT2D eigenvalue weighted by molar-refractivity contribution is 0.110. The van der Waals surface area contributed by atoms with Crippen molar-refractivity contribution in [3.63, 3.8) is 0 Å². The molecule has 0 atom stereocenters. The fourth-order valence-electron chi connectivity index (χ4n) is 1.11. The summed E-state index contributed by atoms with van der Waals surface area (Å²) in [6.45, 7) is 0. The molecule has 1 N–H and O–H groups in total. The molecular formula is C8H6ClF2NO2.